The van der Waals surface area contributed by atoms with Crippen LogP contribution in [0, 0.1) is 13.8 Å². The Bertz CT molecular complexity index is 938. The molecule has 0 aliphatic carbocycles. The number of benzene rings is 3. The standard InChI is InChI=1S/C23H22BrNO2/c1-16-8-9-17(2)21(14-16)25-23(26)19-10-11-22(20(24)15-19)27-13-12-18-6-4-3-5-7-18/h3-11,14-15H,12-13H2,1-2H3,(H,25,26). The topological polar surface area (TPSA) is 38.3 Å². The second kappa shape index (κ2) is 8.87. The molecule has 0 bridgehead atoms. The van der Waals surface area contributed by atoms with Crippen molar-refractivity contribution in [3.8, 4) is 5.75 Å². The second-order valence-corrected chi connectivity index (χ2v) is 7.36. The maximum Gasteiger partial charge on any atom is 0.255 e. The summed E-state index contributed by atoms with van der Waals surface area (Å²) in [5.74, 6) is 0.592. The fourth-order valence-corrected chi connectivity index (χ4v) is 3.24. The van der Waals surface area contributed by atoms with E-state index < -0.39 is 0 Å². The van der Waals surface area contributed by atoms with E-state index in [0.29, 0.717) is 12.2 Å². The molecule has 0 unspecified atom stereocenters. The van der Waals surface area contributed by atoms with Gasteiger partial charge in [0, 0.05) is 17.7 Å². The molecule has 138 valence electrons. The number of aryl methyl sites for hydroxylation is 2. The summed E-state index contributed by atoms with van der Waals surface area (Å²) in [6.45, 7) is 4.57. The van der Waals surface area contributed by atoms with Crippen LogP contribution in [-0.2, 0) is 6.42 Å². The molecule has 3 rings (SSSR count). The van der Waals surface area contributed by atoms with E-state index in [1.54, 1.807) is 12.1 Å². The summed E-state index contributed by atoms with van der Waals surface area (Å²) in [5, 5.41) is 2.98. The fraction of sp³-hybridized carbons (Fsp3) is 0.174. The minimum Gasteiger partial charge on any atom is -0.492 e. The molecule has 0 atom stereocenters. The molecule has 0 saturated heterocycles. The largest absolute Gasteiger partial charge is 0.492 e. The quantitative estimate of drug-likeness (QED) is 0.532. The molecule has 3 aromatic carbocycles. The van der Waals surface area contributed by atoms with Crippen molar-refractivity contribution in [1.82, 2.24) is 0 Å². The molecule has 0 saturated carbocycles. The molecule has 0 aromatic heterocycles. The molecular formula is C23H22BrNO2. The van der Waals surface area contributed by atoms with Crippen LogP contribution in [0.15, 0.2) is 71.2 Å². The average Bonchev–Trinajstić information content (AvgIpc) is 2.67. The average molecular weight is 424 g/mol. The van der Waals surface area contributed by atoms with Gasteiger partial charge in [0.25, 0.3) is 5.91 Å². The number of rotatable bonds is 6. The van der Waals surface area contributed by atoms with Crippen LogP contribution in [0.3, 0.4) is 0 Å². The lowest BCUT2D eigenvalue weighted by atomic mass is 10.1. The van der Waals surface area contributed by atoms with E-state index in [0.717, 1.165) is 33.5 Å². The molecule has 0 fully saturated rings. The maximum atomic E-state index is 12.6. The zero-order chi connectivity index (χ0) is 19.2. The van der Waals surface area contributed by atoms with Crippen molar-refractivity contribution >= 4 is 27.5 Å². The molecule has 0 radical (unpaired) electrons. The van der Waals surface area contributed by atoms with Gasteiger partial charge in [-0.05, 0) is 70.7 Å². The lowest BCUT2D eigenvalue weighted by Gasteiger charge is -2.12. The Hall–Kier alpha value is -2.59. The van der Waals surface area contributed by atoms with E-state index in [1.165, 1.54) is 5.56 Å². The van der Waals surface area contributed by atoms with Crippen molar-refractivity contribution < 1.29 is 9.53 Å². The van der Waals surface area contributed by atoms with Gasteiger partial charge in [0.05, 0.1) is 11.1 Å². The van der Waals surface area contributed by atoms with Gasteiger partial charge in [-0.25, -0.2) is 0 Å². The number of carbonyl (C=O) groups is 1. The highest BCUT2D eigenvalue weighted by molar-refractivity contribution is 9.10. The smallest absolute Gasteiger partial charge is 0.255 e. The first kappa shape index (κ1) is 19.2. The number of anilines is 1. The van der Waals surface area contributed by atoms with Crippen molar-refractivity contribution in [2.45, 2.75) is 20.3 Å². The van der Waals surface area contributed by atoms with Gasteiger partial charge in [0.1, 0.15) is 5.75 Å². The second-order valence-electron chi connectivity index (χ2n) is 6.50. The van der Waals surface area contributed by atoms with Crippen LogP contribution < -0.4 is 10.1 Å². The van der Waals surface area contributed by atoms with Crippen LogP contribution >= 0.6 is 15.9 Å². The summed E-state index contributed by atoms with van der Waals surface area (Å²) in [5.41, 5.74) is 4.80. The van der Waals surface area contributed by atoms with E-state index >= 15 is 0 Å². The Morgan fingerprint density at radius 2 is 1.78 bits per heavy atom. The summed E-state index contributed by atoms with van der Waals surface area (Å²) in [6.07, 6.45) is 0.835. The van der Waals surface area contributed by atoms with E-state index in [9.17, 15) is 4.79 Å². The molecule has 0 aliphatic rings. The summed E-state index contributed by atoms with van der Waals surface area (Å²) < 4.78 is 6.62. The summed E-state index contributed by atoms with van der Waals surface area (Å²) in [6, 6.07) is 21.6. The lowest BCUT2D eigenvalue weighted by Crippen LogP contribution is -2.13. The number of nitrogens with one attached hydrogen (secondary N) is 1. The molecule has 3 aromatic rings. The van der Waals surface area contributed by atoms with Gasteiger partial charge in [-0.1, -0.05) is 42.5 Å². The Labute approximate surface area is 168 Å². The molecule has 1 N–H and O–H groups in total. The lowest BCUT2D eigenvalue weighted by molar-refractivity contribution is 0.102. The third kappa shape index (κ3) is 5.20. The molecule has 3 nitrogen and oxygen atoms in total. The predicted molar refractivity (Wildman–Crippen MR) is 114 cm³/mol. The minimum atomic E-state index is -0.139. The van der Waals surface area contributed by atoms with Crippen molar-refractivity contribution in [2.75, 3.05) is 11.9 Å². The zero-order valence-electron chi connectivity index (χ0n) is 15.5. The first-order valence-electron chi connectivity index (χ1n) is 8.88. The molecular weight excluding hydrogens is 402 g/mol. The van der Waals surface area contributed by atoms with Crippen LogP contribution in [0.1, 0.15) is 27.0 Å². The molecule has 1 amide bonds. The molecule has 0 aliphatic heterocycles. The van der Waals surface area contributed by atoms with Crippen LogP contribution in [0.4, 0.5) is 5.69 Å². The first-order valence-corrected chi connectivity index (χ1v) is 9.67. The highest BCUT2D eigenvalue weighted by Crippen LogP contribution is 2.27. The van der Waals surface area contributed by atoms with Crippen molar-refractivity contribution in [1.29, 1.82) is 0 Å². The van der Waals surface area contributed by atoms with Crippen molar-refractivity contribution in [3.63, 3.8) is 0 Å². The number of halogens is 1. The Balaban J connectivity index is 1.63. The first-order chi connectivity index (χ1) is 13.0. The summed E-state index contributed by atoms with van der Waals surface area (Å²) >= 11 is 3.51. The van der Waals surface area contributed by atoms with E-state index in [-0.39, 0.29) is 5.91 Å². The van der Waals surface area contributed by atoms with Gasteiger partial charge in [-0.15, -0.1) is 0 Å². The highest BCUT2D eigenvalue weighted by atomic mass is 79.9. The SMILES string of the molecule is Cc1ccc(C)c(NC(=O)c2ccc(OCCc3ccccc3)c(Br)c2)c1. The third-order valence-electron chi connectivity index (χ3n) is 4.33. The molecule has 0 spiro atoms. The molecule has 0 heterocycles. The number of ether oxygens (including phenoxy) is 1. The van der Waals surface area contributed by atoms with Crippen LogP contribution in [0.2, 0.25) is 0 Å². The third-order valence-corrected chi connectivity index (χ3v) is 4.95. The summed E-state index contributed by atoms with van der Waals surface area (Å²) in [7, 11) is 0. The van der Waals surface area contributed by atoms with Crippen LogP contribution in [0.25, 0.3) is 0 Å². The molecule has 4 heteroatoms. The zero-order valence-corrected chi connectivity index (χ0v) is 17.0. The van der Waals surface area contributed by atoms with Crippen LogP contribution in [0.5, 0.6) is 5.75 Å². The van der Waals surface area contributed by atoms with E-state index in [4.69, 9.17) is 4.74 Å². The number of amides is 1. The maximum absolute atomic E-state index is 12.6. The van der Waals surface area contributed by atoms with Gasteiger partial charge in [-0.2, -0.15) is 0 Å². The minimum absolute atomic E-state index is 0.139. The van der Waals surface area contributed by atoms with Gasteiger partial charge in [-0.3, -0.25) is 4.79 Å². The van der Waals surface area contributed by atoms with Gasteiger partial charge in [0.15, 0.2) is 0 Å². The van der Waals surface area contributed by atoms with Gasteiger partial charge >= 0.3 is 0 Å². The van der Waals surface area contributed by atoms with E-state index in [2.05, 4.69) is 33.4 Å². The number of carbonyl (C=O) groups excluding carboxylic acids is 1. The Morgan fingerprint density at radius 3 is 2.52 bits per heavy atom. The Morgan fingerprint density at radius 1 is 1.00 bits per heavy atom. The molecule has 27 heavy (non-hydrogen) atoms. The fourth-order valence-electron chi connectivity index (χ4n) is 2.75. The number of hydrogen-bond acceptors (Lipinski definition) is 2. The Kier molecular flexibility index (Phi) is 6.30. The van der Waals surface area contributed by atoms with Gasteiger partial charge < -0.3 is 10.1 Å². The van der Waals surface area contributed by atoms with Crippen molar-refractivity contribution in [2.24, 2.45) is 0 Å². The van der Waals surface area contributed by atoms with Crippen molar-refractivity contribution in [3.05, 3.63) is 93.5 Å². The normalized spacial score (nSPS) is 10.5. The monoisotopic (exact) mass is 423 g/mol. The van der Waals surface area contributed by atoms with E-state index in [1.807, 2.05) is 56.3 Å². The number of hydrogen-bond donors (Lipinski definition) is 1. The van der Waals surface area contributed by atoms with Crippen LogP contribution in [-0.4, -0.2) is 12.5 Å². The highest BCUT2D eigenvalue weighted by Gasteiger charge is 2.11. The summed E-state index contributed by atoms with van der Waals surface area (Å²) in [4.78, 5) is 12.6. The predicted octanol–water partition coefficient (Wildman–Crippen LogP) is 5.94. The van der Waals surface area contributed by atoms with Gasteiger partial charge in [0.2, 0.25) is 0 Å².